The molecule has 9 heteroatoms. The highest BCUT2D eigenvalue weighted by Gasteiger charge is 2.77. The first-order valence-corrected chi connectivity index (χ1v) is 16.7. The molecule has 5 rings (SSSR count). The number of aliphatic hydroxyl groups is 1. The van der Waals surface area contributed by atoms with Crippen LogP contribution in [0.1, 0.15) is 42.4 Å². The number of fused-ring (bicyclic) bond motifs is 1. The Morgan fingerprint density at radius 3 is 2.49 bits per heavy atom. The van der Waals surface area contributed by atoms with Crippen LogP contribution in [0.2, 0.25) is 0 Å². The highest BCUT2D eigenvalue weighted by atomic mass is 79.9. The fourth-order valence-electron chi connectivity index (χ4n) is 7.61. The van der Waals surface area contributed by atoms with Crippen LogP contribution in [0.15, 0.2) is 73.8 Å². The number of hydrogen-bond donors (Lipinski definition) is 1. The monoisotopic (exact) mass is 678 g/mol. The average Bonchev–Trinajstić information content (AvgIpc) is 3.62. The summed E-state index contributed by atoms with van der Waals surface area (Å²) in [4.78, 5) is 46.3. The van der Waals surface area contributed by atoms with E-state index in [1.54, 1.807) is 11.0 Å². The maximum Gasteiger partial charge on any atom is 0.312 e. The molecule has 2 amide bonds. The van der Waals surface area contributed by atoms with Crippen molar-refractivity contribution in [1.29, 1.82) is 0 Å². The van der Waals surface area contributed by atoms with E-state index in [-0.39, 0.29) is 36.4 Å². The number of carbonyl (C=O) groups excluding carboxylic acids is 3. The largest absolute Gasteiger partial charge is 0.465 e. The molecular formula is C36H43BrN2O6. The Bertz CT molecular complexity index is 1410. The van der Waals surface area contributed by atoms with E-state index in [4.69, 9.17) is 9.47 Å². The van der Waals surface area contributed by atoms with Gasteiger partial charge in [0.15, 0.2) is 0 Å². The minimum Gasteiger partial charge on any atom is -0.465 e. The minimum atomic E-state index is -1.28. The molecule has 240 valence electrons. The van der Waals surface area contributed by atoms with Gasteiger partial charge in [-0.2, -0.15) is 0 Å². The van der Waals surface area contributed by atoms with Gasteiger partial charge in [0.1, 0.15) is 11.6 Å². The molecule has 0 aliphatic carbocycles. The summed E-state index contributed by atoms with van der Waals surface area (Å²) in [7, 11) is 0. The van der Waals surface area contributed by atoms with E-state index in [2.05, 4.69) is 29.1 Å². The molecule has 0 saturated carbocycles. The summed E-state index contributed by atoms with van der Waals surface area (Å²) in [6, 6.07) is 13.6. The number of ether oxygens (including phenoxy) is 2. The molecule has 2 bridgehead atoms. The molecule has 8 nitrogen and oxygen atoms in total. The third-order valence-electron chi connectivity index (χ3n) is 9.49. The van der Waals surface area contributed by atoms with Gasteiger partial charge in [-0.15, -0.1) is 13.2 Å². The highest BCUT2D eigenvalue weighted by Crippen LogP contribution is 2.61. The fraction of sp³-hybridized carbons (Fsp3) is 0.472. The Morgan fingerprint density at radius 2 is 1.84 bits per heavy atom. The predicted molar refractivity (Wildman–Crippen MR) is 177 cm³/mol. The number of alkyl halides is 1. The first-order valence-electron chi connectivity index (χ1n) is 15.7. The van der Waals surface area contributed by atoms with Crippen LogP contribution in [0.25, 0.3) is 0 Å². The number of allylic oxidation sites excluding steroid dienone is 1. The van der Waals surface area contributed by atoms with Crippen molar-refractivity contribution in [3.8, 4) is 0 Å². The standard InChI is InChI=1S/C36H43BrN2O6/c1-5-7-8-12-19-44-35(43)28-29-33(41)39(26(22-40)20-25-16-10-9-11-17-25)32(36(29)21-27(37)31(28)45-36)34(42)38(18-6-2)30-23(3)14-13-15-24(30)4/h5-6,9-11,13-17,26-29,31-32,40H,1-2,7-8,12,18-22H2,3-4H3/t26-,27?,28-,29+,31-,32?,36?/m1/s1. The molecule has 3 saturated heterocycles. The van der Waals surface area contributed by atoms with Gasteiger partial charge in [-0.05, 0) is 62.6 Å². The molecule has 3 aliphatic rings. The van der Waals surface area contributed by atoms with Crippen LogP contribution >= 0.6 is 15.9 Å². The summed E-state index contributed by atoms with van der Waals surface area (Å²) in [5.41, 5.74) is 2.20. The van der Waals surface area contributed by atoms with Gasteiger partial charge < -0.3 is 24.4 Å². The lowest BCUT2D eigenvalue weighted by molar-refractivity contribution is -0.155. The van der Waals surface area contributed by atoms with Crippen molar-refractivity contribution < 1.29 is 29.0 Å². The Morgan fingerprint density at radius 1 is 1.13 bits per heavy atom. The smallest absolute Gasteiger partial charge is 0.312 e. The van der Waals surface area contributed by atoms with E-state index in [0.29, 0.717) is 19.3 Å². The molecular weight excluding hydrogens is 636 g/mol. The van der Waals surface area contributed by atoms with Crippen LogP contribution < -0.4 is 4.90 Å². The van der Waals surface area contributed by atoms with E-state index < -0.39 is 41.6 Å². The molecule has 3 aliphatic heterocycles. The lowest BCUT2D eigenvalue weighted by atomic mass is 9.70. The van der Waals surface area contributed by atoms with Gasteiger partial charge in [-0.1, -0.05) is 76.6 Å². The van der Waals surface area contributed by atoms with E-state index in [9.17, 15) is 14.7 Å². The lowest BCUT2D eigenvalue weighted by Crippen LogP contribution is -2.59. The highest BCUT2D eigenvalue weighted by molar-refractivity contribution is 9.09. The molecule has 1 spiro atoms. The molecule has 3 fully saturated rings. The second-order valence-electron chi connectivity index (χ2n) is 12.4. The molecule has 45 heavy (non-hydrogen) atoms. The van der Waals surface area contributed by atoms with Gasteiger partial charge in [-0.25, -0.2) is 0 Å². The number of carbonyl (C=O) groups is 3. The molecule has 7 atom stereocenters. The number of aryl methyl sites for hydroxylation is 2. The number of aliphatic hydroxyl groups excluding tert-OH is 1. The van der Waals surface area contributed by atoms with Crippen LogP contribution in [0.4, 0.5) is 5.69 Å². The quantitative estimate of drug-likeness (QED) is 0.130. The predicted octanol–water partition coefficient (Wildman–Crippen LogP) is 5.07. The number of likely N-dealkylation sites (tertiary alicyclic amines) is 1. The molecule has 0 radical (unpaired) electrons. The second kappa shape index (κ2) is 14.0. The zero-order valence-corrected chi connectivity index (χ0v) is 27.7. The van der Waals surface area contributed by atoms with Crippen LogP contribution in [-0.4, -0.2) is 76.2 Å². The first-order chi connectivity index (χ1) is 21.7. The summed E-state index contributed by atoms with van der Waals surface area (Å²) in [6.45, 7) is 11.6. The number of amides is 2. The number of para-hydroxylation sites is 1. The summed E-state index contributed by atoms with van der Waals surface area (Å²) < 4.78 is 12.4. The third kappa shape index (κ3) is 6.02. The van der Waals surface area contributed by atoms with Crippen molar-refractivity contribution in [3.05, 3.63) is 90.5 Å². The van der Waals surface area contributed by atoms with Crippen molar-refractivity contribution in [2.24, 2.45) is 11.8 Å². The fourth-order valence-corrected chi connectivity index (χ4v) is 8.55. The van der Waals surface area contributed by atoms with Crippen molar-refractivity contribution in [3.63, 3.8) is 0 Å². The van der Waals surface area contributed by atoms with Crippen molar-refractivity contribution in [2.45, 2.75) is 74.6 Å². The number of unbranched alkanes of at least 4 members (excludes halogenated alkanes) is 2. The van der Waals surface area contributed by atoms with E-state index in [1.807, 2.05) is 68.5 Å². The maximum atomic E-state index is 15.0. The number of benzene rings is 2. The molecule has 3 heterocycles. The van der Waals surface area contributed by atoms with E-state index >= 15 is 4.79 Å². The van der Waals surface area contributed by atoms with Gasteiger partial charge in [0, 0.05) is 17.1 Å². The lowest BCUT2D eigenvalue weighted by Gasteiger charge is -2.40. The second-order valence-corrected chi connectivity index (χ2v) is 13.5. The Labute approximate surface area is 274 Å². The maximum absolute atomic E-state index is 15.0. The Balaban J connectivity index is 1.58. The zero-order valence-electron chi connectivity index (χ0n) is 26.1. The van der Waals surface area contributed by atoms with Gasteiger partial charge in [0.05, 0.1) is 37.2 Å². The van der Waals surface area contributed by atoms with Crippen LogP contribution in [0, 0.1) is 25.7 Å². The summed E-state index contributed by atoms with van der Waals surface area (Å²) in [6.07, 6.45) is 5.92. The van der Waals surface area contributed by atoms with Crippen molar-refractivity contribution in [1.82, 2.24) is 4.90 Å². The number of anilines is 1. The normalized spacial score (nSPS) is 27.2. The molecule has 2 aromatic carbocycles. The number of rotatable bonds is 14. The van der Waals surface area contributed by atoms with Gasteiger partial charge >= 0.3 is 5.97 Å². The summed E-state index contributed by atoms with van der Waals surface area (Å²) in [5, 5.41) is 10.8. The van der Waals surface area contributed by atoms with Gasteiger partial charge in [0.2, 0.25) is 5.91 Å². The number of esters is 1. The number of nitrogens with zero attached hydrogens (tertiary/aromatic N) is 2. The topological polar surface area (TPSA) is 96.4 Å². The van der Waals surface area contributed by atoms with Gasteiger partial charge in [-0.3, -0.25) is 14.4 Å². The number of hydrogen-bond acceptors (Lipinski definition) is 6. The minimum absolute atomic E-state index is 0.212. The SMILES string of the molecule is C=CCCCCOC(=O)[C@H]1[C@@H]2OC3(CC2Br)C(C(=O)N(CC=C)c2c(C)cccc2C)N([C@@H](CO)Cc2ccccc2)C(=O)[C@H]13. The molecule has 1 N–H and O–H groups in total. The summed E-state index contributed by atoms with van der Waals surface area (Å²) >= 11 is 3.73. The van der Waals surface area contributed by atoms with Crippen LogP contribution in [0.5, 0.6) is 0 Å². The first kappa shape index (κ1) is 33.1. The Kier molecular flexibility index (Phi) is 10.3. The average molecular weight is 680 g/mol. The molecule has 0 aromatic heterocycles. The Hall–Kier alpha value is -3.27. The zero-order chi connectivity index (χ0) is 32.3. The molecule has 3 unspecified atom stereocenters. The number of halogens is 1. The van der Waals surface area contributed by atoms with E-state index in [1.165, 1.54) is 4.90 Å². The molecule has 2 aromatic rings. The summed E-state index contributed by atoms with van der Waals surface area (Å²) in [5.74, 6) is -2.97. The third-order valence-corrected chi connectivity index (χ3v) is 10.3. The van der Waals surface area contributed by atoms with Crippen molar-refractivity contribution in [2.75, 3.05) is 24.7 Å². The van der Waals surface area contributed by atoms with Crippen molar-refractivity contribution >= 4 is 39.4 Å². The van der Waals surface area contributed by atoms with E-state index in [0.717, 1.165) is 35.2 Å². The van der Waals surface area contributed by atoms with Crippen LogP contribution in [0.3, 0.4) is 0 Å². The van der Waals surface area contributed by atoms with Crippen LogP contribution in [-0.2, 0) is 30.3 Å². The van der Waals surface area contributed by atoms with Gasteiger partial charge in [0.25, 0.3) is 5.91 Å².